The fourth-order valence-electron chi connectivity index (χ4n) is 2.20. The van der Waals surface area contributed by atoms with Gasteiger partial charge < -0.3 is 9.47 Å². The number of hydrazine groups is 1. The number of methoxy groups -OCH3 is 2. The van der Waals surface area contributed by atoms with Crippen molar-refractivity contribution < 1.29 is 9.47 Å². The number of nitrogens with two attached hydrogens (primary N) is 1. The molecule has 0 spiro atoms. The molecule has 0 aliphatic rings. The third-order valence-corrected chi connectivity index (χ3v) is 3.49. The zero-order valence-electron chi connectivity index (χ0n) is 12.2. The number of benzene rings is 1. The molecule has 2 aromatic rings. The van der Waals surface area contributed by atoms with Crippen molar-refractivity contribution in [3.05, 3.63) is 41.2 Å². The van der Waals surface area contributed by atoms with E-state index in [0.717, 1.165) is 16.8 Å². The minimum Gasteiger partial charge on any atom is -0.493 e. The van der Waals surface area contributed by atoms with Crippen LogP contribution in [0.5, 0.6) is 11.5 Å². The summed E-state index contributed by atoms with van der Waals surface area (Å²) in [5.74, 6) is 7.08. The minimum atomic E-state index is -0.150. The first-order valence-electron chi connectivity index (χ1n) is 6.29. The molecule has 0 saturated heterocycles. The van der Waals surface area contributed by atoms with E-state index in [-0.39, 0.29) is 6.04 Å². The maximum atomic E-state index is 5.72. The molecule has 1 aromatic carbocycles. The van der Waals surface area contributed by atoms with Crippen LogP contribution in [0, 0.1) is 6.92 Å². The number of aromatic nitrogens is 2. The van der Waals surface area contributed by atoms with Gasteiger partial charge in [0.15, 0.2) is 11.5 Å². The van der Waals surface area contributed by atoms with Crippen molar-refractivity contribution in [2.24, 2.45) is 12.9 Å². The summed E-state index contributed by atoms with van der Waals surface area (Å²) in [6, 6.07) is 5.58. The lowest BCUT2D eigenvalue weighted by Crippen LogP contribution is -2.29. The lowest BCUT2D eigenvalue weighted by molar-refractivity contribution is 0.354. The summed E-state index contributed by atoms with van der Waals surface area (Å²) in [6.45, 7) is 2.01. The number of rotatable bonds is 5. The first-order chi connectivity index (χ1) is 9.62. The van der Waals surface area contributed by atoms with Gasteiger partial charge in [-0.3, -0.25) is 10.5 Å². The van der Waals surface area contributed by atoms with Crippen molar-refractivity contribution in [2.45, 2.75) is 13.0 Å². The van der Waals surface area contributed by atoms with Crippen LogP contribution in [-0.2, 0) is 7.05 Å². The number of ether oxygens (including phenoxy) is 2. The lowest BCUT2D eigenvalue weighted by Gasteiger charge is -2.18. The van der Waals surface area contributed by atoms with E-state index >= 15 is 0 Å². The molecular weight excluding hydrogens is 256 g/mol. The van der Waals surface area contributed by atoms with E-state index in [1.807, 2.05) is 43.0 Å². The molecule has 6 heteroatoms. The maximum Gasteiger partial charge on any atom is 0.161 e. The summed E-state index contributed by atoms with van der Waals surface area (Å²) in [5, 5.41) is 4.25. The normalized spacial score (nSPS) is 12.2. The van der Waals surface area contributed by atoms with Crippen LogP contribution < -0.4 is 20.7 Å². The molecule has 0 aliphatic heterocycles. The second kappa shape index (κ2) is 5.94. The van der Waals surface area contributed by atoms with Gasteiger partial charge in [-0.15, -0.1) is 0 Å². The van der Waals surface area contributed by atoms with Crippen LogP contribution in [-0.4, -0.2) is 24.0 Å². The molecule has 0 amide bonds. The average molecular weight is 276 g/mol. The molecule has 20 heavy (non-hydrogen) atoms. The first kappa shape index (κ1) is 14.4. The summed E-state index contributed by atoms with van der Waals surface area (Å²) in [4.78, 5) is 0. The van der Waals surface area contributed by atoms with E-state index in [4.69, 9.17) is 15.3 Å². The van der Waals surface area contributed by atoms with Crippen LogP contribution in [0.15, 0.2) is 24.4 Å². The Balaban J connectivity index is 2.44. The standard InChI is InChI=1S/C14H20N4O2/c1-9-11(8-16-18(9)2)14(17-15)10-5-6-12(19-3)13(7-10)20-4/h5-8,14,17H,15H2,1-4H3. The van der Waals surface area contributed by atoms with Crippen LogP contribution in [0.4, 0.5) is 0 Å². The monoisotopic (exact) mass is 276 g/mol. The Morgan fingerprint density at radius 1 is 1.25 bits per heavy atom. The summed E-state index contributed by atoms with van der Waals surface area (Å²) < 4.78 is 12.4. The Hall–Kier alpha value is -2.05. The molecule has 3 N–H and O–H groups in total. The number of hydrogen-bond donors (Lipinski definition) is 2. The molecule has 0 aliphatic carbocycles. The van der Waals surface area contributed by atoms with Gasteiger partial charge in [-0.05, 0) is 24.6 Å². The molecule has 1 unspecified atom stereocenters. The fraction of sp³-hybridized carbons (Fsp3) is 0.357. The highest BCUT2D eigenvalue weighted by Gasteiger charge is 2.19. The van der Waals surface area contributed by atoms with Gasteiger partial charge >= 0.3 is 0 Å². The summed E-state index contributed by atoms with van der Waals surface area (Å²) in [5.41, 5.74) is 5.90. The smallest absolute Gasteiger partial charge is 0.161 e. The van der Waals surface area contributed by atoms with Crippen molar-refractivity contribution in [3.8, 4) is 11.5 Å². The van der Waals surface area contributed by atoms with Gasteiger partial charge in [-0.2, -0.15) is 5.10 Å². The largest absolute Gasteiger partial charge is 0.493 e. The quantitative estimate of drug-likeness (QED) is 0.636. The van der Waals surface area contributed by atoms with Crippen molar-refractivity contribution >= 4 is 0 Å². The Morgan fingerprint density at radius 2 is 1.95 bits per heavy atom. The van der Waals surface area contributed by atoms with Gasteiger partial charge in [0, 0.05) is 18.3 Å². The molecule has 0 bridgehead atoms. The van der Waals surface area contributed by atoms with Crippen molar-refractivity contribution in [1.29, 1.82) is 0 Å². The van der Waals surface area contributed by atoms with Crippen LogP contribution in [0.1, 0.15) is 22.9 Å². The average Bonchev–Trinajstić information content (AvgIpc) is 2.80. The SMILES string of the molecule is COc1ccc(C(NN)c2cnn(C)c2C)cc1OC. The second-order valence-electron chi connectivity index (χ2n) is 4.52. The number of nitrogens with zero attached hydrogens (tertiary/aromatic N) is 2. The summed E-state index contributed by atoms with van der Waals surface area (Å²) in [7, 11) is 5.13. The van der Waals surface area contributed by atoms with Gasteiger partial charge in [0.2, 0.25) is 0 Å². The first-order valence-corrected chi connectivity index (χ1v) is 6.29. The van der Waals surface area contributed by atoms with Gasteiger partial charge in [0.1, 0.15) is 0 Å². The molecule has 0 fully saturated rings. The number of nitrogens with one attached hydrogen (secondary N) is 1. The van der Waals surface area contributed by atoms with Crippen molar-refractivity contribution in [1.82, 2.24) is 15.2 Å². The Morgan fingerprint density at radius 3 is 2.45 bits per heavy atom. The third-order valence-electron chi connectivity index (χ3n) is 3.49. The van der Waals surface area contributed by atoms with E-state index in [2.05, 4.69) is 10.5 Å². The third kappa shape index (κ3) is 2.48. The minimum absolute atomic E-state index is 0.150. The molecule has 0 radical (unpaired) electrons. The van der Waals surface area contributed by atoms with Crippen molar-refractivity contribution in [2.75, 3.05) is 14.2 Å². The lowest BCUT2D eigenvalue weighted by atomic mass is 9.99. The summed E-state index contributed by atoms with van der Waals surface area (Å²) in [6.07, 6.45) is 1.82. The molecule has 1 atom stereocenters. The predicted molar refractivity (Wildman–Crippen MR) is 76.7 cm³/mol. The van der Waals surface area contributed by atoms with Gasteiger partial charge in [-0.1, -0.05) is 6.07 Å². The predicted octanol–water partition coefficient (Wildman–Crippen LogP) is 1.30. The van der Waals surface area contributed by atoms with E-state index in [1.165, 1.54) is 0 Å². The van der Waals surface area contributed by atoms with E-state index in [0.29, 0.717) is 11.5 Å². The van der Waals surface area contributed by atoms with Crippen LogP contribution in [0.2, 0.25) is 0 Å². The topological polar surface area (TPSA) is 74.3 Å². The second-order valence-corrected chi connectivity index (χ2v) is 4.52. The van der Waals surface area contributed by atoms with Gasteiger partial charge in [0.05, 0.1) is 26.5 Å². The summed E-state index contributed by atoms with van der Waals surface area (Å²) >= 11 is 0. The van der Waals surface area contributed by atoms with Gasteiger partial charge in [-0.25, -0.2) is 5.43 Å². The highest BCUT2D eigenvalue weighted by molar-refractivity contribution is 5.46. The zero-order valence-corrected chi connectivity index (χ0v) is 12.2. The highest BCUT2D eigenvalue weighted by atomic mass is 16.5. The number of aryl methyl sites for hydroxylation is 1. The number of hydrogen-bond acceptors (Lipinski definition) is 5. The van der Waals surface area contributed by atoms with Gasteiger partial charge in [0.25, 0.3) is 0 Å². The van der Waals surface area contributed by atoms with E-state index in [1.54, 1.807) is 14.2 Å². The maximum absolute atomic E-state index is 5.72. The molecule has 1 aromatic heterocycles. The highest BCUT2D eigenvalue weighted by Crippen LogP contribution is 2.32. The Bertz CT molecular complexity index is 595. The molecule has 1 heterocycles. The molecular formula is C14H20N4O2. The van der Waals surface area contributed by atoms with Crippen molar-refractivity contribution in [3.63, 3.8) is 0 Å². The molecule has 2 rings (SSSR count). The van der Waals surface area contributed by atoms with E-state index < -0.39 is 0 Å². The van der Waals surface area contributed by atoms with Crippen LogP contribution in [0.3, 0.4) is 0 Å². The molecule has 0 saturated carbocycles. The van der Waals surface area contributed by atoms with Crippen LogP contribution >= 0.6 is 0 Å². The Kier molecular flexibility index (Phi) is 4.26. The van der Waals surface area contributed by atoms with Crippen LogP contribution in [0.25, 0.3) is 0 Å². The fourth-order valence-corrected chi connectivity index (χ4v) is 2.20. The van der Waals surface area contributed by atoms with E-state index in [9.17, 15) is 0 Å². The Labute approximate surface area is 118 Å². The molecule has 6 nitrogen and oxygen atoms in total. The molecule has 108 valence electrons. The zero-order chi connectivity index (χ0) is 14.7.